The number of ether oxygens (including phenoxy) is 1. The van der Waals surface area contributed by atoms with Gasteiger partial charge in [-0.15, -0.1) is 0 Å². The Kier molecular flexibility index (Phi) is 4.85. The van der Waals surface area contributed by atoms with Crippen LogP contribution in [-0.4, -0.2) is 15.9 Å². The van der Waals surface area contributed by atoms with E-state index in [0.717, 1.165) is 28.0 Å². The van der Waals surface area contributed by atoms with Crippen molar-refractivity contribution in [2.75, 3.05) is 0 Å². The number of fused-ring (bicyclic) bond motifs is 1. The van der Waals surface area contributed by atoms with Crippen molar-refractivity contribution in [2.45, 2.75) is 20.0 Å². The number of carbonyl (C=O) groups excluding carboxylic acids is 1. The van der Waals surface area contributed by atoms with Gasteiger partial charge >= 0.3 is 5.97 Å². The van der Waals surface area contributed by atoms with E-state index in [4.69, 9.17) is 4.74 Å². The fourth-order valence-electron chi connectivity index (χ4n) is 3.12. The predicted octanol–water partition coefficient (Wildman–Crippen LogP) is 5.19. The minimum atomic E-state index is -0.476. The average molecular weight is 368 g/mol. The van der Waals surface area contributed by atoms with Crippen molar-refractivity contribution in [3.63, 3.8) is 0 Å². The number of hydrogen-bond acceptors (Lipinski definition) is 4. The van der Waals surface area contributed by atoms with Crippen molar-refractivity contribution >= 4 is 17.0 Å². The molecule has 138 valence electrons. The van der Waals surface area contributed by atoms with Gasteiger partial charge < -0.3 is 4.74 Å². The third-order valence-electron chi connectivity index (χ3n) is 4.74. The van der Waals surface area contributed by atoms with Crippen LogP contribution in [0.15, 0.2) is 78.9 Å². The fourth-order valence-corrected chi connectivity index (χ4v) is 3.12. The van der Waals surface area contributed by atoms with E-state index < -0.39 is 6.10 Å². The molecule has 4 heteroatoms. The molecule has 4 nitrogen and oxygen atoms in total. The maximum atomic E-state index is 12.9. The molecule has 3 aromatic carbocycles. The summed E-state index contributed by atoms with van der Waals surface area (Å²) in [4.78, 5) is 22.0. The van der Waals surface area contributed by atoms with E-state index in [-0.39, 0.29) is 5.97 Å². The predicted molar refractivity (Wildman–Crippen MR) is 109 cm³/mol. The number of aromatic nitrogens is 2. The second-order valence-electron chi connectivity index (χ2n) is 6.70. The van der Waals surface area contributed by atoms with Gasteiger partial charge in [0.25, 0.3) is 0 Å². The van der Waals surface area contributed by atoms with E-state index in [2.05, 4.69) is 9.97 Å². The Balaban J connectivity index is 1.68. The Hall–Kier alpha value is -3.53. The zero-order chi connectivity index (χ0) is 19.5. The minimum Gasteiger partial charge on any atom is -0.449 e. The van der Waals surface area contributed by atoms with Crippen LogP contribution in [0.4, 0.5) is 0 Å². The summed E-state index contributed by atoms with van der Waals surface area (Å²) in [7, 11) is 0. The van der Waals surface area contributed by atoms with Crippen LogP contribution in [0.1, 0.15) is 39.0 Å². The molecule has 0 saturated heterocycles. The van der Waals surface area contributed by atoms with Crippen molar-refractivity contribution in [1.82, 2.24) is 9.97 Å². The summed E-state index contributed by atoms with van der Waals surface area (Å²) >= 11 is 0. The standard InChI is InChI=1S/C24H20N2O2/c1-16-17(2)26-22-15-20(13-14-21(22)25-16)24(27)28-23(18-9-5-3-6-10-18)19-11-7-4-8-12-19/h3-15,23H,1-2H3. The van der Waals surface area contributed by atoms with Crippen molar-refractivity contribution in [3.05, 3.63) is 107 Å². The lowest BCUT2D eigenvalue weighted by Crippen LogP contribution is -2.13. The molecule has 0 unspecified atom stereocenters. The molecular formula is C24H20N2O2. The highest BCUT2D eigenvalue weighted by Crippen LogP contribution is 2.27. The minimum absolute atomic E-state index is 0.389. The summed E-state index contributed by atoms with van der Waals surface area (Å²) in [6, 6.07) is 24.8. The molecule has 0 radical (unpaired) electrons. The molecule has 1 aromatic heterocycles. The third kappa shape index (κ3) is 3.62. The van der Waals surface area contributed by atoms with E-state index in [1.54, 1.807) is 12.1 Å². The highest BCUT2D eigenvalue weighted by Gasteiger charge is 2.20. The molecule has 0 spiro atoms. The molecule has 4 aromatic rings. The zero-order valence-electron chi connectivity index (χ0n) is 15.8. The summed E-state index contributed by atoms with van der Waals surface area (Å²) in [5.74, 6) is -0.389. The lowest BCUT2D eigenvalue weighted by Gasteiger charge is -2.19. The highest BCUT2D eigenvalue weighted by molar-refractivity contribution is 5.93. The molecule has 0 N–H and O–H groups in total. The van der Waals surface area contributed by atoms with Crippen LogP contribution in [0, 0.1) is 13.8 Å². The number of benzene rings is 3. The number of aryl methyl sites for hydroxylation is 2. The molecule has 0 fully saturated rings. The quantitative estimate of drug-likeness (QED) is 0.465. The Morgan fingerprint density at radius 3 is 1.86 bits per heavy atom. The summed E-state index contributed by atoms with van der Waals surface area (Å²) in [6.07, 6.45) is -0.476. The molecule has 1 heterocycles. The van der Waals surface area contributed by atoms with Crippen LogP contribution >= 0.6 is 0 Å². The van der Waals surface area contributed by atoms with Crippen molar-refractivity contribution in [2.24, 2.45) is 0 Å². The maximum Gasteiger partial charge on any atom is 0.339 e. The summed E-state index contributed by atoms with van der Waals surface area (Å²) in [5.41, 5.74) is 5.50. The van der Waals surface area contributed by atoms with E-state index in [0.29, 0.717) is 11.1 Å². The molecule has 28 heavy (non-hydrogen) atoms. The number of esters is 1. The SMILES string of the molecule is Cc1nc2ccc(C(=O)OC(c3ccccc3)c3ccccc3)cc2nc1C. The monoisotopic (exact) mass is 368 g/mol. The van der Waals surface area contributed by atoms with Crippen LogP contribution < -0.4 is 0 Å². The van der Waals surface area contributed by atoms with Crippen LogP contribution in [0.5, 0.6) is 0 Å². The number of hydrogen-bond donors (Lipinski definition) is 0. The fraction of sp³-hybridized carbons (Fsp3) is 0.125. The zero-order valence-corrected chi connectivity index (χ0v) is 15.8. The van der Waals surface area contributed by atoms with Gasteiger partial charge in [-0.25, -0.2) is 14.8 Å². The van der Waals surface area contributed by atoms with Gasteiger partial charge in [-0.05, 0) is 43.2 Å². The summed E-state index contributed by atoms with van der Waals surface area (Å²) in [5, 5.41) is 0. The van der Waals surface area contributed by atoms with E-state index in [1.807, 2.05) is 80.6 Å². The van der Waals surface area contributed by atoms with Gasteiger partial charge in [0.1, 0.15) is 0 Å². The first kappa shape index (κ1) is 17.9. The summed E-state index contributed by atoms with van der Waals surface area (Å²) < 4.78 is 5.92. The number of rotatable bonds is 4. The topological polar surface area (TPSA) is 52.1 Å². The molecule has 0 aliphatic heterocycles. The molecule has 0 aliphatic carbocycles. The molecule has 0 bridgehead atoms. The molecule has 0 atom stereocenters. The first-order valence-electron chi connectivity index (χ1n) is 9.18. The van der Waals surface area contributed by atoms with Crippen molar-refractivity contribution in [3.8, 4) is 0 Å². The highest BCUT2D eigenvalue weighted by atomic mass is 16.5. The number of nitrogens with zero attached hydrogens (tertiary/aromatic N) is 2. The Morgan fingerprint density at radius 2 is 1.29 bits per heavy atom. The molecular weight excluding hydrogens is 348 g/mol. The van der Waals surface area contributed by atoms with Crippen LogP contribution in [0.25, 0.3) is 11.0 Å². The second-order valence-corrected chi connectivity index (χ2v) is 6.70. The van der Waals surface area contributed by atoms with Gasteiger partial charge in [-0.2, -0.15) is 0 Å². The Bertz CT molecular complexity index is 1090. The Morgan fingerprint density at radius 1 is 0.750 bits per heavy atom. The largest absolute Gasteiger partial charge is 0.449 e. The van der Waals surface area contributed by atoms with Crippen molar-refractivity contribution in [1.29, 1.82) is 0 Å². The van der Waals surface area contributed by atoms with E-state index >= 15 is 0 Å². The molecule has 4 rings (SSSR count). The van der Waals surface area contributed by atoms with Gasteiger partial charge in [0.2, 0.25) is 0 Å². The Labute approximate surface area is 163 Å². The van der Waals surface area contributed by atoms with Gasteiger partial charge in [0, 0.05) is 0 Å². The smallest absolute Gasteiger partial charge is 0.339 e. The second kappa shape index (κ2) is 7.61. The lowest BCUT2D eigenvalue weighted by molar-refractivity contribution is 0.0378. The first-order valence-corrected chi connectivity index (χ1v) is 9.18. The van der Waals surface area contributed by atoms with Crippen molar-refractivity contribution < 1.29 is 9.53 Å². The average Bonchev–Trinajstić information content (AvgIpc) is 2.73. The van der Waals surface area contributed by atoms with Gasteiger partial charge in [-0.3, -0.25) is 0 Å². The normalized spacial score (nSPS) is 11.0. The van der Waals surface area contributed by atoms with Gasteiger partial charge in [-0.1, -0.05) is 60.7 Å². The maximum absolute atomic E-state index is 12.9. The lowest BCUT2D eigenvalue weighted by atomic mass is 10.0. The molecule has 0 aliphatic rings. The van der Waals surface area contributed by atoms with Gasteiger partial charge in [0.05, 0.1) is 28.0 Å². The van der Waals surface area contributed by atoms with Gasteiger partial charge in [0.15, 0.2) is 6.10 Å². The van der Waals surface area contributed by atoms with E-state index in [1.165, 1.54) is 0 Å². The van der Waals surface area contributed by atoms with Crippen LogP contribution in [-0.2, 0) is 4.74 Å². The number of carbonyl (C=O) groups is 1. The molecule has 0 saturated carbocycles. The van der Waals surface area contributed by atoms with Crippen LogP contribution in [0.2, 0.25) is 0 Å². The first-order chi connectivity index (χ1) is 13.6. The summed E-state index contributed by atoms with van der Waals surface area (Å²) in [6.45, 7) is 3.84. The molecule has 0 amide bonds. The van der Waals surface area contributed by atoms with E-state index in [9.17, 15) is 4.79 Å². The third-order valence-corrected chi connectivity index (χ3v) is 4.74. The van der Waals surface area contributed by atoms with Crippen LogP contribution in [0.3, 0.4) is 0 Å².